The van der Waals surface area contributed by atoms with Crippen LogP contribution in [0.1, 0.15) is 83.3 Å². The highest BCUT2D eigenvalue weighted by molar-refractivity contribution is 7.08. The molecule has 0 atom stereocenters. The Morgan fingerprint density at radius 1 is 0.333 bits per heavy atom. The van der Waals surface area contributed by atoms with Crippen molar-refractivity contribution in [3.05, 3.63) is 260 Å². The number of thiophene rings is 1. The molecule has 22 aromatic rings. The van der Waals surface area contributed by atoms with Gasteiger partial charge in [-0.2, -0.15) is 31.7 Å². The molecule has 0 radical (unpaired) electrons. The number of fused-ring (bicyclic) bond motifs is 8. The number of aromatic amines is 8. The Labute approximate surface area is 859 Å². The van der Waals surface area contributed by atoms with Gasteiger partial charge in [0.15, 0.2) is 23.3 Å². The number of anilines is 1. The average molecular weight is 2050 g/mol. The van der Waals surface area contributed by atoms with Crippen LogP contribution in [0, 0.1) is 6.92 Å². The zero-order valence-electron chi connectivity index (χ0n) is 78.7. The first kappa shape index (κ1) is 101. The normalized spacial score (nSPS) is 16.1. The standard InChI is InChI=1S/C28H29F2N9.C27H23F2N9.C27H21F2N7S.C23H19F2N7.4CH4/c1-37-6-8-39(9-7-37)24-15-32-14-23-26(24)34-27(33-23)25-21-11-19(2-3-22(21)35-36-25)20-10-18(12-31-13-20)16-38-5-4-28(29,30)17-38;1-16-12-38(15-32-16)23-11-31-10-22-25(23)34-26(33-22)24-20-7-18(2-3-21(20)35-36-24)19-6-17(8-30-9-19)13-37-5-4-27(28,29)14-37;28-27(29)4-5-36(15-27)13-16-7-19(10-30-9-16)17-1-2-22-20(8-17)25(35-34-22)26-32-23-12-31-11-21(24(23)33-26)18-3-6-37-14-18;24-23(25)4-6-32(13-23)12-14-7-16(10-27-9-14)15-1-2-18-17(8-15)21(31-30-18)22-28-19-3-5-26-11-20(19)29-22;;;;/h2-3,10-15H,4-9,16-17H2,1H3,(H,33,34)(H,35,36);2-3,6-12,15H,4-5,13-14H2,1H3,(H,33,34)(H,35,36);1-3,6-12,14H,4-5,13,15H2,(H,32,33)(H,34,35);1-3,5,7-11H,4,6,12-13H2,(H,28,29)(H,30,31);4*1H4. The van der Waals surface area contributed by atoms with Gasteiger partial charge in [0.2, 0.25) is 0 Å². The summed E-state index contributed by atoms with van der Waals surface area (Å²) in [6.07, 6.45) is 31.7. The maximum Gasteiger partial charge on any atom is 0.261 e. The van der Waals surface area contributed by atoms with Gasteiger partial charge in [0.05, 0.1) is 136 Å². The number of halogens is 8. The third-order valence-electron chi connectivity index (χ3n) is 27.4. The first-order valence-electron chi connectivity index (χ1n) is 47.8. The van der Waals surface area contributed by atoms with Crippen molar-refractivity contribution in [2.75, 3.05) is 90.5 Å². The SMILES string of the molecule is C.C.C.C.CN1CCN(c2cncc3[nH]c(-c4n[nH]c5ccc(-c6cncc(CN7CCC(F)(F)C7)c6)cc45)nc23)CC1.Cc1cn(-c2cncc3[nH]c(-c4n[nH]c5ccc(-c6cncc(CN7CCC(F)(F)C7)c6)cc45)nc23)cn1.FC1(F)CCN(Cc2cncc(-c3ccc4[nH]nc(-c5nc6c(-c7ccsc7)cncc6[nH]5)c4c3)c2)C1.FC1(F)CCN(Cc2cncc(-c3ccc4[nH]nc(-c5nc6ccncc6[nH]5)c4c3)c2)C1. The number of likely N-dealkylation sites (tertiary alicyclic amines) is 4. The van der Waals surface area contributed by atoms with Crippen LogP contribution in [0.15, 0.2) is 232 Å². The molecule has 5 aliphatic rings. The Morgan fingerprint density at radius 2 is 0.687 bits per heavy atom. The number of nitrogens with zero attached hydrogens (tertiary/aromatic N) is 24. The number of aromatic nitrogens is 26. The maximum absolute atomic E-state index is 13.7. The van der Waals surface area contributed by atoms with Crippen molar-refractivity contribution in [3.8, 4) is 107 Å². The summed E-state index contributed by atoms with van der Waals surface area (Å²) in [5, 5.41) is 38.3. The van der Waals surface area contributed by atoms with E-state index in [1.165, 1.54) is 0 Å². The topological polar surface area (TPSA) is 370 Å². The first-order valence-corrected chi connectivity index (χ1v) is 48.7. The van der Waals surface area contributed by atoms with Gasteiger partial charge < -0.3 is 34.3 Å². The lowest BCUT2D eigenvalue weighted by Gasteiger charge is -2.33. The van der Waals surface area contributed by atoms with Crippen LogP contribution in [0.3, 0.4) is 0 Å². The Morgan fingerprint density at radius 3 is 1.05 bits per heavy atom. The van der Waals surface area contributed by atoms with Crippen molar-refractivity contribution in [3.63, 3.8) is 0 Å². The predicted octanol–water partition coefficient (Wildman–Crippen LogP) is 22.1. The van der Waals surface area contributed by atoms with E-state index in [0.717, 1.165) is 220 Å². The molecule has 5 fully saturated rings. The highest BCUT2D eigenvalue weighted by Crippen LogP contribution is 2.42. The molecule has 5 aliphatic heterocycles. The van der Waals surface area contributed by atoms with Gasteiger partial charge in [-0.05, 0) is 160 Å². The number of aryl methyl sites for hydroxylation is 1. The van der Waals surface area contributed by atoms with Gasteiger partial charge in [-0.25, -0.2) is 60.0 Å². The zero-order valence-corrected chi connectivity index (χ0v) is 79.6. The van der Waals surface area contributed by atoms with E-state index >= 15 is 0 Å². The maximum atomic E-state index is 13.7. The van der Waals surface area contributed by atoms with Gasteiger partial charge in [0.1, 0.15) is 39.3 Å². The molecule has 0 amide bonds. The molecule has 8 N–H and O–H groups in total. The fourth-order valence-corrected chi connectivity index (χ4v) is 20.6. The van der Waals surface area contributed by atoms with E-state index in [2.05, 4.69) is 151 Å². The number of benzene rings is 4. The van der Waals surface area contributed by atoms with E-state index < -0.39 is 23.7 Å². The summed E-state index contributed by atoms with van der Waals surface area (Å²) >= 11 is 1.63. The van der Waals surface area contributed by atoms with Crippen molar-refractivity contribution in [1.29, 1.82) is 0 Å². The molecule has 18 aromatic heterocycles. The molecule has 766 valence electrons. The molecule has 5 saturated heterocycles. The number of alkyl halides is 8. The number of likely N-dealkylation sites (N-methyl/N-ethyl adjacent to an activating group) is 1. The van der Waals surface area contributed by atoms with Crippen molar-refractivity contribution in [2.24, 2.45) is 0 Å². The minimum absolute atomic E-state index is 0. The summed E-state index contributed by atoms with van der Waals surface area (Å²) in [6, 6.07) is 36.1. The lowest BCUT2D eigenvalue weighted by molar-refractivity contribution is 0.0108. The smallest absolute Gasteiger partial charge is 0.261 e. The number of H-pyrrole nitrogens is 8. The summed E-state index contributed by atoms with van der Waals surface area (Å²) in [5.41, 5.74) is 29.1. The van der Waals surface area contributed by atoms with Crippen LogP contribution in [-0.4, -0.2) is 264 Å². The number of rotatable bonds is 19. The van der Waals surface area contributed by atoms with E-state index in [4.69, 9.17) is 15.0 Å². The first-order chi connectivity index (χ1) is 70.9. The van der Waals surface area contributed by atoms with Crippen LogP contribution in [0.5, 0.6) is 0 Å². The van der Waals surface area contributed by atoms with Crippen LogP contribution in [0.4, 0.5) is 40.8 Å². The van der Waals surface area contributed by atoms with Crippen LogP contribution < -0.4 is 4.90 Å². The van der Waals surface area contributed by atoms with E-state index in [1.807, 2.05) is 126 Å². The Kier molecular flexibility index (Phi) is 27.9. The van der Waals surface area contributed by atoms with Crippen molar-refractivity contribution in [2.45, 2.75) is 112 Å². The highest BCUT2D eigenvalue weighted by Gasteiger charge is 2.42. The van der Waals surface area contributed by atoms with Crippen molar-refractivity contribution >= 4 is 105 Å². The summed E-state index contributed by atoms with van der Waals surface area (Å²) < 4.78 is 111. The zero-order chi connectivity index (χ0) is 99.1. The molecular weight excluding hydrogens is 1940 g/mol. The molecule has 4 aromatic carbocycles. The van der Waals surface area contributed by atoms with Gasteiger partial charge in [-0.15, -0.1) is 0 Å². The number of piperazine rings is 1. The second-order valence-electron chi connectivity index (χ2n) is 38.1. The third kappa shape index (κ3) is 21.1. The second-order valence-corrected chi connectivity index (χ2v) is 38.9. The van der Waals surface area contributed by atoms with Crippen molar-refractivity contribution < 1.29 is 35.1 Å². The van der Waals surface area contributed by atoms with E-state index in [9.17, 15) is 35.1 Å². The van der Waals surface area contributed by atoms with Crippen LogP contribution >= 0.6 is 11.3 Å². The minimum Gasteiger partial charge on any atom is -0.366 e. The molecule has 23 heterocycles. The largest absolute Gasteiger partial charge is 0.366 e. The van der Waals surface area contributed by atoms with E-state index in [-0.39, 0.29) is 81.6 Å². The third-order valence-corrected chi connectivity index (χ3v) is 28.1. The van der Waals surface area contributed by atoms with Gasteiger partial charge in [0, 0.05) is 222 Å². The minimum atomic E-state index is -2.61. The fraction of sp³-hybridized carbons (Fsp3) is 0.275. The summed E-state index contributed by atoms with van der Waals surface area (Å²) in [7, 11) is 2.14. The highest BCUT2D eigenvalue weighted by atomic mass is 32.1. The van der Waals surface area contributed by atoms with Gasteiger partial charge in [-0.3, -0.25) is 79.9 Å². The average Bonchev–Trinajstić information content (AvgIpc) is 1.60. The molecule has 0 spiro atoms. The summed E-state index contributed by atoms with van der Waals surface area (Å²) in [4.78, 5) is 83.7. The van der Waals surface area contributed by atoms with Gasteiger partial charge in [0.25, 0.3) is 23.7 Å². The van der Waals surface area contributed by atoms with E-state index in [1.54, 1.807) is 124 Å². The van der Waals surface area contributed by atoms with Crippen LogP contribution in [0.25, 0.3) is 195 Å². The molecule has 150 heavy (non-hydrogen) atoms. The molecule has 0 saturated carbocycles. The molecule has 0 unspecified atom stereocenters. The van der Waals surface area contributed by atoms with Gasteiger partial charge >= 0.3 is 0 Å². The predicted molar refractivity (Wildman–Crippen MR) is 570 cm³/mol. The van der Waals surface area contributed by atoms with Crippen LogP contribution in [-0.2, 0) is 26.2 Å². The summed E-state index contributed by atoms with van der Waals surface area (Å²) in [5.74, 6) is -7.80. The Hall–Kier alpha value is -16.2. The molecule has 32 nitrogen and oxygen atoms in total. The number of pyridine rings is 8. The number of imidazole rings is 5. The molecular formula is C109H108F8N32S. The Balaban J connectivity index is 0.000000120. The lowest BCUT2D eigenvalue weighted by atomic mass is 10.0. The summed E-state index contributed by atoms with van der Waals surface area (Å²) in [6.45, 7) is 8.37. The molecule has 27 rings (SSSR count). The lowest BCUT2D eigenvalue weighted by Crippen LogP contribution is -2.44. The Bertz CT molecular complexity index is 8570. The molecule has 41 heteroatoms. The fourth-order valence-electron chi connectivity index (χ4n) is 20.0. The number of hydrogen-bond acceptors (Lipinski definition) is 24. The molecule has 0 bridgehead atoms. The van der Waals surface area contributed by atoms with Crippen LogP contribution in [0.2, 0.25) is 0 Å². The van der Waals surface area contributed by atoms with Crippen molar-refractivity contribution in [1.82, 2.24) is 155 Å². The van der Waals surface area contributed by atoms with Gasteiger partial charge in [-0.1, -0.05) is 54.0 Å². The second kappa shape index (κ2) is 41.5. The van der Waals surface area contributed by atoms with E-state index in [0.29, 0.717) is 87.0 Å². The quantitative estimate of drug-likeness (QED) is 0.0349. The molecule has 0 aliphatic carbocycles. The monoisotopic (exact) mass is 2050 g/mol. The number of hydrogen-bond donors (Lipinski definition) is 8. The number of nitrogens with one attached hydrogen (secondary N) is 8.